The van der Waals surface area contributed by atoms with Crippen molar-refractivity contribution in [3.8, 4) is 0 Å². The minimum Gasteiger partial charge on any atom is -0.279 e. The van der Waals surface area contributed by atoms with Crippen LogP contribution in [0, 0.1) is 0 Å². The highest BCUT2D eigenvalue weighted by molar-refractivity contribution is 7.86. The third-order valence-electron chi connectivity index (χ3n) is 10.7. The van der Waals surface area contributed by atoms with Crippen molar-refractivity contribution in [1.29, 1.82) is 0 Å². The van der Waals surface area contributed by atoms with Crippen molar-refractivity contribution in [2.24, 2.45) is 0 Å². The second-order valence-corrected chi connectivity index (χ2v) is 19.4. The molecular weight excluding hydrogens is 757 g/mol. The van der Waals surface area contributed by atoms with Crippen LogP contribution < -0.4 is 15.9 Å². The van der Waals surface area contributed by atoms with Gasteiger partial charge in [0, 0.05) is 0 Å². The molecule has 0 aliphatic rings. The van der Waals surface area contributed by atoms with Crippen LogP contribution >= 0.6 is 7.92 Å². The lowest BCUT2D eigenvalue weighted by Gasteiger charge is -2.31. The molecule has 3 nitrogen and oxygen atoms in total. The Morgan fingerprint density at radius 1 is 0.474 bits per heavy atom. The van der Waals surface area contributed by atoms with E-state index in [4.69, 9.17) is 13.0 Å². The molecule has 0 atom stereocenters. The topological polar surface area (TPSA) is 54.4 Å². The van der Waals surface area contributed by atoms with E-state index in [1.54, 1.807) is 49.3 Å². The number of alkyl halides is 3. The summed E-state index contributed by atoms with van der Waals surface area (Å²) in [6.45, 7) is 14.1. The maximum absolute atomic E-state index is 10.7. The summed E-state index contributed by atoms with van der Waals surface area (Å²) in [5, 5.41) is 5.07. The van der Waals surface area contributed by atoms with Gasteiger partial charge < -0.3 is 0 Å². The molecule has 0 fully saturated rings. The van der Waals surface area contributed by atoms with Crippen molar-refractivity contribution in [2.45, 2.75) is 201 Å². The SMILES string of the molecule is CCCCCc1cc(CCCCC)c(P(c2ccccc2)c2c(CCCCC)cc(CCCCC)cc2CCCCC)c(CCCCC)c1.O=S(=O)(O)C(F)(F)F. The van der Waals surface area contributed by atoms with Crippen LogP contribution in [-0.2, 0) is 48.6 Å². The highest BCUT2D eigenvalue weighted by atomic mass is 32.2. The van der Waals surface area contributed by atoms with Gasteiger partial charge in [-0.15, -0.1) is 0 Å². The van der Waals surface area contributed by atoms with Crippen molar-refractivity contribution < 1.29 is 26.1 Å². The zero-order chi connectivity index (χ0) is 42.1. The van der Waals surface area contributed by atoms with Crippen molar-refractivity contribution >= 4 is 34.0 Å². The van der Waals surface area contributed by atoms with Crippen molar-refractivity contribution in [1.82, 2.24) is 0 Å². The molecule has 0 aromatic heterocycles. The molecule has 0 unspecified atom stereocenters. The number of rotatable bonds is 27. The number of halogens is 3. The number of unbranched alkanes of at least 4 members (excludes halogenated alkanes) is 12. The highest BCUT2D eigenvalue weighted by Gasteiger charge is 2.44. The van der Waals surface area contributed by atoms with Crippen LogP contribution in [0.5, 0.6) is 0 Å². The average molecular weight is 833 g/mol. The molecule has 0 aliphatic heterocycles. The van der Waals surface area contributed by atoms with Gasteiger partial charge in [-0.05, 0) is 134 Å². The van der Waals surface area contributed by atoms with Crippen LogP contribution in [0.15, 0.2) is 54.6 Å². The van der Waals surface area contributed by atoms with Gasteiger partial charge in [-0.2, -0.15) is 21.6 Å². The summed E-state index contributed by atoms with van der Waals surface area (Å²) in [6, 6.07) is 22.7. The Balaban J connectivity index is 0.00000126. The smallest absolute Gasteiger partial charge is 0.279 e. The van der Waals surface area contributed by atoms with E-state index in [9.17, 15) is 13.2 Å². The Bertz CT molecular complexity index is 1500. The van der Waals surface area contributed by atoms with Crippen molar-refractivity contribution in [3.63, 3.8) is 0 Å². The second-order valence-electron chi connectivity index (χ2n) is 15.9. The normalized spacial score (nSPS) is 11.9. The first-order chi connectivity index (χ1) is 27.4. The molecule has 0 amide bonds. The molecule has 0 heterocycles. The summed E-state index contributed by atoms with van der Waals surface area (Å²) in [5.41, 5.74) is 4.44. The quantitative estimate of drug-likeness (QED) is 0.0360. The van der Waals surface area contributed by atoms with Crippen LogP contribution in [0.4, 0.5) is 13.2 Å². The average Bonchev–Trinajstić information content (AvgIpc) is 3.17. The van der Waals surface area contributed by atoms with E-state index in [0.29, 0.717) is 0 Å². The number of benzene rings is 3. The molecule has 0 aliphatic carbocycles. The summed E-state index contributed by atoms with van der Waals surface area (Å²) >= 11 is 0. The molecule has 3 aromatic rings. The van der Waals surface area contributed by atoms with Crippen molar-refractivity contribution in [2.75, 3.05) is 0 Å². The molecule has 3 rings (SSSR count). The monoisotopic (exact) mass is 833 g/mol. The highest BCUT2D eigenvalue weighted by Crippen LogP contribution is 2.41. The molecular formula is C49H76F3O3PS. The van der Waals surface area contributed by atoms with E-state index in [1.807, 2.05) is 0 Å². The second kappa shape index (κ2) is 28.3. The van der Waals surface area contributed by atoms with E-state index in [2.05, 4.69) is 96.1 Å². The van der Waals surface area contributed by atoms with Crippen LogP contribution in [0.2, 0.25) is 0 Å². The van der Waals surface area contributed by atoms with Crippen LogP contribution in [-0.4, -0.2) is 18.5 Å². The van der Waals surface area contributed by atoms with Crippen molar-refractivity contribution in [3.05, 3.63) is 88.0 Å². The Morgan fingerprint density at radius 3 is 0.982 bits per heavy atom. The fourth-order valence-corrected chi connectivity index (χ4v) is 10.7. The number of hydrogen-bond donors (Lipinski definition) is 1. The molecule has 0 bridgehead atoms. The molecule has 57 heavy (non-hydrogen) atoms. The predicted octanol–water partition coefficient (Wildman–Crippen LogP) is 14.2. The van der Waals surface area contributed by atoms with Gasteiger partial charge >= 0.3 is 15.6 Å². The fourth-order valence-electron chi connectivity index (χ4n) is 7.66. The first-order valence-electron chi connectivity index (χ1n) is 22.5. The van der Waals surface area contributed by atoms with Crippen LogP contribution in [0.3, 0.4) is 0 Å². The molecule has 0 radical (unpaired) electrons. The minimum atomic E-state index is -5.84. The molecule has 0 spiro atoms. The Labute approximate surface area is 347 Å². The van der Waals surface area contributed by atoms with Crippen LogP contribution in [0.25, 0.3) is 0 Å². The molecule has 3 aromatic carbocycles. The summed E-state index contributed by atoms with van der Waals surface area (Å²) in [5.74, 6) is 0. The van der Waals surface area contributed by atoms with E-state index in [1.165, 1.54) is 154 Å². The van der Waals surface area contributed by atoms with Gasteiger partial charge in [-0.25, -0.2) is 0 Å². The Kier molecular flexibility index (Phi) is 25.3. The number of hydrogen-bond acceptors (Lipinski definition) is 2. The largest absolute Gasteiger partial charge is 0.522 e. The molecule has 8 heteroatoms. The van der Waals surface area contributed by atoms with Gasteiger partial charge in [0.25, 0.3) is 0 Å². The van der Waals surface area contributed by atoms with Gasteiger partial charge in [-0.3, -0.25) is 4.55 Å². The lowest BCUT2D eigenvalue weighted by Crippen LogP contribution is -2.31. The molecule has 322 valence electrons. The van der Waals surface area contributed by atoms with Gasteiger partial charge in [-0.1, -0.05) is 173 Å². The zero-order valence-corrected chi connectivity index (χ0v) is 38.1. The van der Waals surface area contributed by atoms with E-state index < -0.39 is 23.5 Å². The maximum atomic E-state index is 10.7. The number of aryl methyl sites for hydroxylation is 6. The summed E-state index contributed by atoms with van der Waals surface area (Å²) in [4.78, 5) is 0. The van der Waals surface area contributed by atoms with Gasteiger partial charge in [0.2, 0.25) is 0 Å². The standard InChI is InChI=1S/C48H75P.CHF3O3S/c1-7-13-20-28-40-36-42(30-22-15-9-3)47(43(37-40)31-23-16-10-4)49(46-34-26-19-27-35-46)48-44(32-24-17-11-5)38-41(29-21-14-8-2)39-45(48)33-25-18-12-6;2-1(3,4)8(5,6)7/h19,26-27,34-39H,7-18,20-25,28-33H2,1-6H3;(H,5,6,7). The summed E-state index contributed by atoms with van der Waals surface area (Å²) in [7, 11) is -6.51. The molecule has 0 saturated carbocycles. The fraction of sp³-hybridized carbons (Fsp3) is 0.633. The lowest BCUT2D eigenvalue weighted by atomic mass is 9.95. The lowest BCUT2D eigenvalue weighted by molar-refractivity contribution is -0.0510. The predicted molar refractivity (Wildman–Crippen MR) is 242 cm³/mol. The van der Waals surface area contributed by atoms with E-state index in [-0.39, 0.29) is 0 Å². The third-order valence-corrected chi connectivity index (χ3v) is 14.2. The van der Waals surface area contributed by atoms with Gasteiger partial charge in [0.15, 0.2) is 0 Å². The first kappa shape index (κ1) is 50.9. The molecule has 1 N–H and O–H groups in total. The van der Waals surface area contributed by atoms with Gasteiger partial charge in [0.1, 0.15) is 0 Å². The first-order valence-corrected chi connectivity index (χ1v) is 25.3. The third kappa shape index (κ3) is 18.3. The molecule has 0 saturated heterocycles. The Hall–Kier alpha value is -2.21. The van der Waals surface area contributed by atoms with Crippen LogP contribution in [0.1, 0.15) is 190 Å². The Morgan fingerprint density at radius 2 is 0.737 bits per heavy atom. The summed E-state index contributed by atoms with van der Waals surface area (Å²) in [6.07, 6.45) is 30.9. The van der Waals surface area contributed by atoms with E-state index >= 15 is 0 Å². The van der Waals surface area contributed by atoms with E-state index in [0.717, 1.165) is 0 Å². The summed E-state index contributed by atoms with van der Waals surface area (Å²) < 4.78 is 57.5. The minimum absolute atomic E-state index is 0.669. The zero-order valence-electron chi connectivity index (χ0n) is 36.4. The maximum Gasteiger partial charge on any atom is 0.522 e. The van der Waals surface area contributed by atoms with Gasteiger partial charge in [0.05, 0.1) is 0 Å².